The Morgan fingerprint density at radius 2 is 2.10 bits per heavy atom. The third-order valence-corrected chi connectivity index (χ3v) is 3.25. The number of anilines is 1. The Balaban J connectivity index is 1.95. The van der Waals surface area contributed by atoms with E-state index in [4.69, 9.17) is 4.52 Å². The average Bonchev–Trinajstić information content (AvgIpc) is 2.99. The number of hydrogen-bond acceptors (Lipinski definition) is 5. The average molecular weight is 271 g/mol. The number of Topliss-reactive ketones (excluding diaryl/α,β-unsaturated/α-hetero) is 1. The van der Waals surface area contributed by atoms with Gasteiger partial charge in [-0.1, -0.05) is 23.7 Å². The summed E-state index contributed by atoms with van der Waals surface area (Å²) in [5.74, 6) is -0.126. The molecule has 102 valence electrons. The maximum atomic E-state index is 12.0. The standard InChI is InChI=1S/C14H13N3O3/c1-3-11-15-12(20-16-11)7-17-10-5-4-8(2)6-9(10)13(18)14(17)19/h4-6H,3,7H2,1-2H3. The molecule has 0 aliphatic carbocycles. The van der Waals surface area contributed by atoms with Gasteiger partial charge in [-0.15, -0.1) is 0 Å². The zero-order valence-electron chi connectivity index (χ0n) is 11.2. The lowest BCUT2D eigenvalue weighted by Crippen LogP contribution is -2.29. The predicted molar refractivity (Wildman–Crippen MR) is 70.4 cm³/mol. The van der Waals surface area contributed by atoms with Gasteiger partial charge in [-0.05, 0) is 19.1 Å². The minimum Gasteiger partial charge on any atom is -0.337 e. The Kier molecular flexibility index (Phi) is 2.85. The normalized spacial score (nSPS) is 14.0. The summed E-state index contributed by atoms with van der Waals surface area (Å²) in [5, 5.41) is 3.78. The molecule has 1 aliphatic heterocycles. The lowest BCUT2D eigenvalue weighted by molar-refractivity contribution is -0.114. The molecule has 20 heavy (non-hydrogen) atoms. The van der Waals surface area contributed by atoms with Crippen LogP contribution in [-0.2, 0) is 17.8 Å². The summed E-state index contributed by atoms with van der Waals surface area (Å²) in [6, 6.07) is 5.36. The van der Waals surface area contributed by atoms with Crippen LogP contribution in [0.4, 0.5) is 5.69 Å². The highest BCUT2D eigenvalue weighted by Gasteiger charge is 2.36. The van der Waals surface area contributed by atoms with Gasteiger partial charge in [-0.3, -0.25) is 14.5 Å². The molecular weight excluding hydrogens is 258 g/mol. The van der Waals surface area contributed by atoms with Gasteiger partial charge >= 0.3 is 0 Å². The van der Waals surface area contributed by atoms with Crippen molar-refractivity contribution >= 4 is 17.4 Å². The molecule has 1 aromatic carbocycles. The molecular formula is C14H13N3O3. The monoisotopic (exact) mass is 271 g/mol. The molecule has 0 saturated heterocycles. The van der Waals surface area contributed by atoms with Crippen molar-refractivity contribution in [2.75, 3.05) is 4.90 Å². The first-order valence-electron chi connectivity index (χ1n) is 6.38. The van der Waals surface area contributed by atoms with Crippen LogP contribution < -0.4 is 4.90 Å². The van der Waals surface area contributed by atoms with E-state index in [0.717, 1.165) is 5.56 Å². The van der Waals surface area contributed by atoms with Gasteiger partial charge in [-0.25, -0.2) is 0 Å². The number of fused-ring (bicyclic) bond motifs is 1. The molecule has 2 heterocycles. The van der Waals surface area contributed by atoms with Crippen molar-refractivity contribution in [1.82, 2.24) is 10.1 Å². The molecule has 0 fully saturated rings. The fourth-order valence-corrected chi connectivity index (χ4v) is 2.20. The Bertz CT molecular complexity index is 705. The topological polar surface area (TPSA) is 76.3 Å². The molecule has 0 radical (unpaired) electrons. The molecule has 0 atom stereocenters. The highest BCUT2D eigenvalue weighted by Crippen LogP contribution is 2.30. The van der Waals surface area contributed by atoms with Crippen molar-refractivity contribution < 1.29 is 14.1 Å². The summed E-state index contributed by atoms with van der Waals surface area (Å²) >= 11 is 0. The predicted octanol–water partition coefficient (Wildman–Crippen LogP) is 1.67. The molecule has 6 nitrogen and oxygen atoms in total. The van der Waals surface area contributed by atoms with Crippen LogP contribution in [0.2, 0.25) is 0 Å². The number of ketones is 1. The Labute approximate surface area is 115 Å². The molecule has 0 saturated carbocycles. The van der Waals surface area contributed by atoms with E-state index < -0.39 is 11.7 Å². The first-order valence-corrected chi connectivity index (χ1v) is 6.38. The second kappa shape index (κ2) is 4.56. The fraction of sp³-hybridized carbons (Fsp3) is 0.286. The summed E-state index contributed by atoms with van der Waals surface area (Å²) in [4.78, 5) is 29.5. The Morgan fingerprint density at radius 3 is 2.80 bits per heavy atom. The zero-order valence-corrected chi connectivity index (χ0v) is 11.2. The molecule has 0 unspecified atom stereocenters. The molecule has 6 heteroatoms. The Hall–Kier alpha value is -2.50. The van der Waals surface area contributed by atoms with Gasteiger partial charge in [0.15, 0.2) is 5.82 Å². The van der Waals surface area contributed by atoms with Gasteiger partial charge in [-0.2, -0.15) is 4.98 Å². The maximum Gasteiger partial charge on any atom is 0.299 e. The van der Waals surface area contributed by atoms with Gasteiger partial charge in [0.1, 0.15) is 6.54 Å². The van der Waals surface area contributed by atoms with Crippen LogP contribution in [0.15, 0.2) is 22.7 Å². The van der Waals surface area contributed by atoms with E-state index in [1.165, 1.54) is 4.90 Å². The minimum atomic E-state index is -0.554. The number of benzene rings is 1. The molecule has 2 aromatic rings. The van der Waals surface area contributed by atoms with Crippen LogP contribution in [0.1, 0.15) is 34.6 Å². The summed E-state index contributed by atoms with van der Waals surface area (Å²) in [7, 11) is 0. The van der Waals surface area contributed by atoms with E-state index in [0.29, 0.717) is 29.4 Å². The minimum absolute atomic E-state index is 0.119. The number of rotatable bonds is 3. The van der Waals surface area contributed by atoms with E-state index in [1.54, 1.807) is 12.1 Å². The lowest BCUT2D eigenvalue weighted by atomic mass is 10.1. The number of aromatic nitrogens is 2. The van der Waals surface area contributed by atoms with Crippen LogP contribution >= 0.6 is 0 Å². The summed E-state index contributed by atoms with van der Waals surface area (Å²) in [5.41, 5.74) is 1.98. The van der Waals surface area contributed by atoms with Gasteiger partial charge in [0.05, 0.1) is 11.3 Å². The van der Waals surface area contributed by atoms with Crippen molar-refractivity contribution in [1.29, 1.82) is 0 Å². The van der Waals surface area contributed by atoms with Gasteiger partial charge in [0.2, 0.25) is 5.89 Å². The van der Waals surface area contributed by atoms with E-state index >= 15 is 0 Å². The SMILES string of the molecule is CCc1noc(CN2C(=O)C(=O)c3cc(C)ccc32)n1. The first kappa shape index (κ1) is 12.5. The molecule has 1 aliphatic rings. The zero-order chi connectivity index (χ0) is 14.3. The van der Waals surface area contributed by atoms with Crippen molar-refractivity contribution in [3.63, 3.8) is 0 Å². The van der Waals surface area contributed by atoms with Crippen molar-refractivity contribution in [2.24, 2.45) is 0 Å². The molecule has 1 aromatic heterocycles. The largest absolute Gasteiger partial charge is 0.337 e. The van der Waals surface area contributed by atoms with Crippen LogP contribution in [0, 0.1) is 6.92 Å². The van der Waals surface area contributed by atoms with Crippen molar-refractivity contribution in [3.05, 3.63) is 41.0 Å². The number of aryl methyl sites for hydroxylation is 2. The summed E-state index contributed by atoms with van der Waals surface area (Å²) in [6.07, 6.45) is 0.659. The van der Waals surface area contributed by atoms with E-state index in [9.17, 15) is 9.59 Å². The lowest BCUT2D eigenvalue weighted by Gasteiger charge is -2.13. The third-order valence-electron chi connectivity index (χ3n) is 3.25. The van der Waals surface area contributed by atoms with Crippen molar-refractivity contribution in [3.8, 4) is 0 Å². The molecule has 3 rings (SSSR count). The van der Waals surface area contributed by atoms with E-state index in [2.05, 4.69) is 10.1 Å². The van der Waals surface area contributed by atoms with Gasteiger partial charge < -0.3 is 4.52 Å². The van der Waals surface area contributed by atoms with E-state index in [-0.39, 0.29) is 6.54 Å². The number of amides is 1. The molecule has 1 amide bonds. The number of nitrogens with zero attached hydrogens (tertiary/aromatic N) is 3. The first-order chi connectivity index (χ1) is 9.60. The maximum absolute atomic E-state index is 12.0. The number of carbonyl (C=O) groups excluding carboxylic acids is 2. The fourth-order valence-electron chi connectivity index (χ4n) is 2.20. The van der Waals surface area contributed by atoms with Crippen LogP contribution in [0.3, 0.4) is 0 Å². The Morgan fingerprint density at radius 1 is 1.30 bits per heavy atom. The van der Waals surface area contributed by atoms with Gasteiger partial charge in [0, 0.05) is 6.42 Å². The number of hydrogen-bond donors (Lipinski definition) is 0. The van der Waals surface area contributed by atoms with Gasteiger partial charge in [0.25, 0.3) is 11.7 Å². The van der Waals surface area contributed by atoms with E-state index in [1.807, 2.05) is 19.9 Å². The molecule has 0 spiro atoms. The summed E-state index contributed by atoms with van der Waals surface area (Å²) in [6.45, 7) is 3.91. The second-order valence-electron chi connectivity index (χ2n) is 4.70. The second-order valence-corrected chi connectivity index (χ2v) is 4.70. The van der Waals surface area contributed by atoms with Crippen LogP contribution in [0.25, 0.3) is 0 Å². The van der Waals surface area contributed by atoms with Crippen LogP contribution in [0.5, 0.6) is 0 Å². The van der Waals surface area contributed by atoms with Crippen molar-refractivity contribution in [2.45, 2.75) is 26.8 Å². The highest BCUT2D eigenvalue weighted by atomic mass is 16.5. The number of carbonyl (C=O) groups is 2. The van der Waals surface area contributed by atoms with Crippen LogP contribution in [-0.4, -0.2) is 21.8 Å². The third kappa shape index (κ3) is 1.89. The molecule has 0 bridgehead atoms. The summed E-state index contributed by atoms with van der Waals surface area (Å²) < 4.78 is 5.07. The molecule has 0 N–H and O–H groups in total. The quantitative estimate of drug-likeness (QED) is 0.794. The smallest absolute Gasteiger partial charge is 0.299 e. The highest BCUT2D eigenvalue weighted by molar-refractivity contribution is 6.52.